The molecule has 21 heavy (non-hydrogen) atoms. The fraction of sp³-hybridized carbons (Fsp3) is 0.467. The minimum Gasteiger partial charge on any atom is -0.481 e. The van der Waals surface area contributed by atoms with E-state index < -0.39 is 18.0 Å². The Kier molecular flexibility index (Phi) is 7.89. The van der Waals surface area contributed by atoms with Gasteiger partial charge in [0.25, 0.3) is 0 Å². The van der Waals surface area contributed by atoms with E-state index in [0.717, 1.165) is 18.4 Å². The van der Waals surface area contributed by atoms with Crippen molar-refractivity contribution in [1.82, 2.24) is 5.32 Å². The lowest BCUT2D eigenvalue weighted by Gasteiger charge is -2.13. The van der Waals surface area contributed by atoms with E-state index in [1.807, 2.05) is 30.3 Å². The van der Waals surface area contributed by atoms with E-state index in [1.54, 1.807) is 0 Å². The number of hydrogen-bond acceptors (Lipinski definition) is 4. The lowest BCUT2D eigenvalue weighted by Crippen LogP contribution is -2.33. The first-order chi connectivity index (χ1) is 10.1. The summed E-state index contributed by atoms with van der Waals surface area (Å²) in [6, 6.07) is 9.28. The fourth-order valence-electron chi connectivity index (χ4n) is 1.83. The van der Waals surface area contributed by atoms with Crippen LogP contribution in [0.1, 0.15) is 24.8 Å². The zero-order valence-corrected chi connectivity index (χ0v) is 12.0. The molecule has 6 nitrogen and oxygen atoms in total. The third kappa shape index (κ3) is 7.31. The lowest BCUT2D eigenvalue weighted by atomic mass is 10.0. The van der Waals surface area contributed by atoms with Crippen LogP contribution >= 0.6 is 0 Å². The van der Waals surface area contributed by atoms with Gasteiger partial charge in [-0.3, -0.25) is 4.79 Å². The Morgan fingerprint density at radius 3 is 2.57 bits per heavy atom. The Balaban J connectivity index is 2.27. The molecule has 0 aliphatic carbocycles. The zero-order chi connectivity index (χ0) is 15.5. The Bertz CT molecular complexity index is 437. The molecule has 0 radical (unpaired) electrons. The highest BCUT2D eigenvalue weighted by atomic mass is 16.5. The lowest BCUT2D eigenvalue weighted by molar-refractivity contribution is -0.141. The molecule has 0 fully saturated rings. The number of carboxylic acids is 1. The topological polar surface area (TPSA) is 102 Å². The number of unbranched alkanes of at least 4 members (excludes halogenated alkanes) is 1. The van der Waals surface area contributed by atoms with Crippen LogP contribution in [0, 0.1) is 5.92 Å². The van der Waals surface area contributed by atoms with Crippen molar-refractivity contribution >= 4 is 12.1 Å². The molecule has 1 aromatic carbocycles. The number of hydrogen-bond donors (Lipinski definition) is 3. The molecule has 6 heteroatoms. The van der Waals surface area contributed by atoms with E-state index in [0.29, 0.717) is 13.0 Å². The van der Waals surface area contributed by atoms with Crippen LogP contribution in [0.5, 0.6) is 0 Å². The maximum atomic E-state index is 11.5. The molecule has 0 aliphatic rings. The molecule has 0 heterocycles. The second kappa shape index (κ2) is 9.77. The average Bonchev–Trinajstić information content (AvgIpc) is 2.49. The van der Waals surface area contributed by atoms with Crippen molar-refractivity contribution in [1.29, 1.82) is 0 Å². The smallest absolute Gasteiger partial charge is 0.407 e. The number of benzene rings is 1. The molecule has 1 rings (SSSR count). The van der Waals surface area contributed by atoms with E-state index in [9.17, 15) is 9.59 Å². The van der Waals surface area contributed by atoms with Crippen LogP contribution in [0.4, 0.5) is 4.79 Å². The SMILES string of the molecule is NCCCC[C@@H](CNC(=O)OCc1ccccc1)C(=O)O. The van der Waals surface area contributed by atoms with E-state index in [2.05, 4.69) is 5.32 Å². The van der Waals surface area contributed by atoms with Crippen LogP contribution in [0.2, 0.25) is 0 Å². The van der Waals surface area contributed by atoms with Crippen LogP contribution < -0.4 is 11.1 Å². The van der Waals surface area contributed by atoms with Crippen molar-refractivity contribution in [2.45, 2.75) is 25.9 Å². The molecule has 0 spiro atoms. The maximum Gasteiger partial charge on any atom is 0.407 e. The van der Waals surface area contributed by atoms with Crippen LogP contribution in [-0.4, -0.2) is 30.3 Å². The minimum atomic E-state index is -0.921. The van der Waals surface area contributed by atoms with Crippen molar-refractivity contribution in [3.63, 3.8) is 0 Å². The van der Waals surface area contributed by atoms with E-state index in [1.165, 1.54) is 0 Å². The second-order valence-corrected chi connectivity index (χ2v) is 4.76. The van der Waals surface area contributed by atoms with Gasteiger partial charge in [0.1, 0.15) is 6.61 Å². The molecule has 4 N–H and O–H groups in total. The number of nitrogens with two attached hydrogens (primary N) is 1. The summed E-state index contributed by atoms with van der Waals surface area (Å²) in [6.45, 7) is 0.768. The first-order valence-corrected chi connectivity index (χ1v) is 7.01. The summed E-state index contributed by atoms with van der Waals surface area (Å²) in [4.78, 5) is 22.6. The number of nitrogens with one attached hydrogen (secondary N) is 1. The molecular formula is C15H22N2O4. The Morgan fingerprint density at radius 1 is 1.24 bits per heavy atom. The molecule has 1 amide bonds. The Labute approximate surface area is 124 Å². The number of carbonyl (C=O) groups is 2. The number of ether oxygens (including phenoxy) is 1. The molecule has 0 saturated carbocycles. The van der Waals surface area contributed by atoms with Crippen LogP contribution in [0.25, 0.3) is 0 Å². The van der Waals surface area contributed by atoms with E-state index in [-0.39, 0.29) is 13.2 Å². The van der Waals surface area contributed by atoms with E-state index in [4.69, 9.17) is 15.6 Å². The second-order valence-electron chi connectivity index (χ2n) is 4.76. The van der Waals surface area contributed by atoms with Gasteiger partial charge in [0, 0.05) is 6.54 Å². The third-order valence-electron chi connectivity index (χ3n) is 3.06. The monoisotopic (exact) mass is 294 g/mol. The summed E-state index contributed by atoms with van der Waals surface area (Å²) in [5.41, 5.74) is 6.25. The summed E-state index contributed by atoms with van der Waals surface area (Å²) in [7, 11) is 0. The molecule has 0 aliphatic heterocycles. The fourth-order valence-corrected chi connectivity index (χ4v) is 1.83. The summed E-state index contributed by atoms with van der Waals surface area (Å²) in [5, 5.41) is 11.6. The van der Waals surface area contributed by atoms with Gasteiger partial charge >= 0.3 is 12.1 Å². The van der Waals surface area contributed by atoms with Gasteiger partial charge in [-0.2, -0.15) is 0 Å². The number of alkyl carbamates (subject to hydrolysis) is 1. The molecule has 0 saturated heterocycles. The van der Waals surface area contributed by atoms with Crippen molar-refractivity contribution < 1.29 is 19.4 Å². The molecular weight excluding hydrogens is 272 g/mol. The van der Waals surface area contributed by atoms with Crippen LogP contribution in [-0.2, 0) is 16.1 Å². The van der Waals surface area contributed by atoms with Gasteiger partial charge in [0.15, 0.2) is 0 Å². The van der Waals surface area contributed by atoms with Gasteiger partial charge < -0.3 is 20.9 Å². The highest BCUT2D eigenvalue weighted by Crippen LogP contribution is 2.08. The van der Waals surface area contributed by atoms with Crippen LogP contribution in [0.3, 0.4) is 0 Å². The molecule has 1 atom stereocenters. The van der Waals surface area contributed by atoms with Crippen molar-refractivity contribution in [2.24, 2.45) is 11.7 Å². The minimum absolute atomic E-state index is 0.0630. The van der Waals surface area contributed by atoms with Gasteiger partial charge in [-0.15, -0.1) is 0 Å². The quantitative estimate of drug-likeness (QED) is 0.602. The highest BCUT2D eigenvalue weighted by Gasteiger charge is 2.18. The maximum absolute atomic E-state index is 11.5. The van der Waals surface area contributed by atoms with Crippen molar-refractivity contribution in [2.75, 3.05) is 13.1 Å². The van der Waals surface area contributed by atoms with Gasteiger partial charge in [-0.05, 0) is 24.9 Å². The largest absolute Gasteiger partial charge is 0.481 e. The summed E-state index contributed by atoms with van der Waals surface area (Å²) in [6.07, 6.45) is 1.39. The van der Waals surface area contributed by atoms with Gasteiger partial charge in [0.2, 0.25) is 0 Å². The predicted octanol–water partition coefficient (Wildman–Crippen LogP) is 1.74. The number of rotatable bonds is 9. The molecule has 1 aromatic rings. The number of aliphatic carboxylic acids is 1. The number of amides is 1. The van der Waals surface area contributed by atoms with Crippen molar-refractivity contribution in [3.8, 4) is 0 Å². The molecule has 116 valence electrons. The molecule has 0 bridgehead atoms. The molecule has 0 aromatic heterocycles. The number of carboxylic acid groups (broad SMARTS) is 1. The van der Waals surface area contributed by atoms with Gasteiger partial charge in [-0.1, -0.05) is 36.8 Å². The predicted molar refractivity (Wildman–Crippen MR) is 78.7 cm³/mol. The average molecular weight is 294 g/mol. The van der Waals surface area contributed by atoms with Crippen molar-refractivity contribution in [3.05, 3.63) is 35.9 Å². The first-order valence-electron chi connectivity index (χ1n) is 7.01. The normalized spacial score (nSPS) is 11.7. The third-order valence-corrected chi connectivity index (χ3v) is 3.06. The Hall–Kier alpha value is -2.08. The number of carbonyl (C=O) groups excluding carboxylic acids is 1. The Morgan fingerprint density at radius 2 is 1.95 bits per heavy atom. The highest BCUT2D eigenvalue weighted by molar-refractivity contribution is 5.72. The van der Waals surface area contributed by atoms with E-state index >= 15 is 0 Å². The summed E-state index contributed by atoms with van der Waals surface area (Å²) >= 11 is 0. The zero-order valence-electron chi connectivity index (χ0n) is 12.0. The van der Waals surface area contributed by atoms with Crippen LogP contribution in [0.15, 0.2) is 30.3 Å². The first kappa shape index (κ1) is 17.0. The van der Waals surface area contributed by atoms with Gasteiger partial charge in [-0.25, -0.2) is 4.79 Å². The standard InChI is InChI=1S/C15H22N2O4/c16-9-5-4-8-13(14(18)19)10-17-15(20)21-11-12-6-2-1-3-7-12/h1-3,6-7,13H,4-5,8-11,16H2,(H,17,20)(H,18,19)/t13-/m0/s1. The summed E-state index contributed by atoms with van der Waals surface area (Å²) in [5.74, 6) is -1.53. The van der Waals surface area contributed by atoms with Gasteiger partial charge in [0.05, 0.1) is 5.92 Å². The summed E-state index contributed by atoms with van der Waals surface area (Å²) < 4.78 is 5.02. The molecule has 0 unspecified atom stereocenters.